The third-order valence-electron chi connectivity index (χ3n) is 7.10. The van der Waals surface area contributed by atoms with E-state index in [1.165, 1.54) is 12.1 Å². The lowest BCUT2D eigenvalue weighted by molar-refractivity contribution is 0.469. The first-order chi connectivity index (χ1) is 17.0. The first-order valence-electron chi connectivity index (χ1n) is 12.1. The number of halogens is 1. The predicted molar refractivity (Wildman–Crippen MR) is 140 cm³/mol. The summed E-state index contributed by atoms with van der Waals surface area (Å²) in [6.45, 7) is 7.22. The molecule has 5 rings (SSSR count). The molecule has 2 aromatic carbocycles. The number of nitrogens with zero attached hydrogens (tertiary/aromatic N) is 1. The molecule has 3 aromatic rings. The maximum absolute atomic E-state index is 13.9. The number of benzene rings is 2. The molecule has 1 saturated carbocycles. The summed E-state index contributed by atoms with van der Waals surface area (Å²) in [5.74, 6) is 0.591. The van der Waals surface area contributed by atoms with Gasteiger partial charge in [-0.15, -0.1) is 0 Å². The average Bonchev–Trinajstić information content (AvgIpc) is 3.36. The molecule has 1 fully saturated rings. The Hall–Kier alpha value is -3.39. The number of anilines is 1. The van der Waals surface area contributed by atoms with Crippen LogP contribution in [0.5, 0.6) is 11.5 Å². The normalized spacial score (nSPS) is 15.6. The summed E-state index contributed by atoms with van der Waals surface area (Å²) < 4.78 is 49.4. The Kier molecular flexibility index (Phi) is 5.82. The van der Waals surface area contributed by atoms with Gasteiger partial charge in [-0.1, -0.05) is 13.0 Å². The number of hydrogen-bond acceptors (Lipinski definition) is 4. The second-order valence-electron chi connectivity index (χ2n) is 9.93. The van der Waals surface area contributed by atoms with Crippen LogP contribution in [0, 0.1) is 19.7 Å². The fourth-order valence-electron chi connectivity index (χ4n) is 4.71. The van der Waals surface area contributed by atoms with Crippen molar-refractivity contribution in [2.75, 3.05) is 10.5 Å². The second kappa shape index (κ2) is 8.62. The molecular formula is C28H29FN2O4S. The molecule has 8 heteroatoms. The zero-order chi connectivity index (χ0) is 25.8. The number of nitrogens with one attached hydrogen (secondary N) is 1. The number of aryl methyl sites for hydroxylation is 2. The minimum absolute atomic E-state index is 0.0623. The summed E-state index contributed by atoms with van der Waals surface area (Å²) in [6, 6.07) is 7.89. The molecule has 188 valence electrons. The average molecular weight is 509 g/mol. The van der Waals surface area contributed by atoms with Crippen molar-refractivity contribution >= 4 is 21.8 Å². The van der Waals surface area contributed by atoms with Crippen LogP contribution < -0.4 is 14.9 Å². The molecule has 2 aliphatic carbocycles. The van der Waals surface area contributed by atoms with Crippen molar-refractivity contribution in [2.45, 2.75) is 52.4 Å². The minimum Gasteiger partial charge on any atom is -0.455 e. The summed E-state index contributed by atoms with van der Waals surface area (Å²) in [4.78, 5) is 13.3. The molecule has 1 N–H and O–H groups in total. The fourth-order valence-corrected chi connectivity index (χ4v) is 5.34. The van der Waals surface area contributed by atoms with E-state index in [0.29, 0.717) is 40.4 Å². The van der Waals surface area contributed by atoms with Gasteiger partial charge in [-0.25, -0.2) is 12.8 Å². The van der Waals surface area contributed by atoms with Crippen molar-refractivity contribution < 1.29 is 17.5 Å². The highest BCUT2D eigenvalue weighted by molar-refractivity contribution is 7.92. The molecular weight excluding hydrogens is 479 g/mol. The Balaban J connectivity index is 1.73. The monoisotopic (exact) mass is 508 g/mol. The number of fused-ring (bicyclic) bond motifs is 1. The van der Waals surface area contributed by atoms with E-state index in [1.54, 1.807) is 39.0 Å². The molecule has 36 heavy (non-hydrogen) atoms. The highest BCUT2D eigenvalue weighted by Gasteiger charge is 2.42. The molecule has 1 heterocycles. The summed E-state index contributed by atoms with van der Waals surface area (Å²) in [7, 11) is -3.51. The van der Waals surface area contributed by atoms with Gasteiger partial charge in [0.2, 0.25) is 10.0 Å². The first-order valence-corrected chi connectivity index (χ1v) is 13.7. The second-order valence-corrected chi connectivity index (χ2v) is 11.9. The Labute approximate surface area is 210 Å². The van der Waals surface area contributed by atoms with Crippen LogP contribution in [0.1, 0.15) is 54.6 Å². The lowest BCUT2D eigenvalue weighted by Crippen LogP contribution is -2.24. The number of pyridine rings is 1. The van der Waals surface area contributed by atoms with Gasteiger partial charge in [0.25, 0.3) is 0 Å². The molecule has 0 spiro atoms. The van der Waals surface area contributed by atoms with Crippen molar-refractivity contribution in [3.63, 3.8) is 0 Å². The maximum Gasteiger partial charge on any atom is 0.232 e. The van der Waals surface area contributed by atoms with E-state index in [9.17, 15) is 17.6 Å². The van der Waals surface area contributed by atoms with Crippen LogP contribution in [-0.4, -0.2) is 18.7 Å². The molecule has 0 unspecified atom stereocenters. The van der Waals surface area contributed by atoms with Crippen LogP contribution in [-0.2, 0) is 21.9 Å². The number of rotatable bonds is 7. The lowest BCUT2D eigenvalue weighted by Gasteiger charge is -2.22. The summed E-state index contributed by atoms with van der Waals surface area (Å²) >= 11 is 0. The van der Waals surface area contributed by atoms with E-state index in [1.807, 2.05) is 22.9 Å². The zero-order valence-corrected chi connectivity index (χ0v) is 21.6. The molecule has 0 aliphatic heterocycles. The summed E-state index contributed by atoms with van der Waals surface area (Å²) in [5.41, 5.74) is 4.40. The third kappa shape index (κ3) is 4.34. The van der Waals surface area contributed by atoms with Crippen molar-refractivity contribution in [1.29, 1.82) is 0 Å². The van der Waals surface area contributed by atoms with Crippen LogP contribution in [0.4, 0.5) is 10.1 Å². The van der Waals surface area contributed by atoms with E-state index in [2.05, 4.69) is 11.6 Å². The SMILES string of the molecule is CCS(=O)(=O)Nc1ccc(Oc2c(C)cc(F)cc2C)c(-n2cc(C3(C)CC3)c(=O)c3c2C=CC3)c1. The summed E-state index contributed by atoms with van der Waals surface area (Å²) in [6.07, 6.45) is 8.18. The van der Waals surface area contributed by atoms with E-state index >= 15 is 0 Å². The van der Waals surface area contributed by atoms with Crippen LogP contribution in [0.3, 0.4) is 0 Å². The van der Waals surface area contributed by atoms with Gasteiger partial charge in [0.15, 0.2) is 11.2 Å². The van der Waals surface area contributed by atoms with Gasteiger partial charge in [-0.2, -0.15) is 0 Å². The minimum atomic E-state index is -3.51. The van der Waals surface area contributed by atoms with E-state index < -0.39 is 10.0 Å². The smallest absolute Gasteiger partial charge is 0.232 e. The predicted octanol–water partition coefficient (Wildman–Crippen LogP) is 5.77. The zero-order valence-electron chi connectivity index (χ0n) is 20.8. The number of ether oxygens (including phenoxy) is 1. The largest absolute Gasteiger partial charge is 0.455 e. The van der Waals surface area contributed by atoms with Crippen molar-refractivity contribution in [3.8, 4) is 17.2 Å². The van der Waals surface area contributed by atoms with Crippen molar-refractivity contribution in [3.05, 3.63) is 86.6 Å². The standard InChI is InChI=1S/C28H29FN2O4S/c1-5-36(33,34)30-20-9-10-25(35-27-17(2)13-19(29)14-18(27)3)24(15-20)31-16-22(28(4)11-12-28)26(32)21-7-6-8-23(21)31/h6,8-10,13-16,30H,5,7,11-12H2,1-4H3. The van der Waals surface area contributed by atoms with Gasteiger partial charge >= 0.3 is 0 Å². The van der Waals surface area contributed by atoms with Gasteiger partial charge in [-0.05, 0) is 93.0 Å². The van der Waals surface area contributed by atoms with Crippen molar-refractivity contribution in [1.82, 2.24) is 4.57 Å². The first kappa shape index (κ1) is 24.3. The van der Waals surface area contributed by atoms with Crippen molar-refractivity contribution in [2.24, 2.45) is 0 Å². The van der Waals surface area contributed by atoms with E-state index in [4.69, 9.17) is 4.74 Å². The molecule has 0 atom stereocenters. The van der Waals surface area contributed by atoms with Crippen LogP contribution in [0.15, 0.2) is 47.4 Å². The molecule has 6 nitrogen and oxygen atoms in total. The molecule has 0 amide bonds. The number of aromatic nitrogens is 1. The lowest BCUT2D eigenvalue weighted by atomic mass is 9.96. The Morgan fingerprint density at radius 2 is 1.83 bits per heavy atom. The van der Waals surface area contributed by atoms with Crippen LogP contribution >= 0.6 is 0 Å². The number of sulfonamides is 1. The highest BCUT2D eigenvalue weighted by Crippen LogP contribution is 2.47. The van der Waals surface area contributed by atoms with Gasteiger partial charge < -0.3 is 9.30 Å². The van der Waals surface area contributed by atoms with Gasteiger partial charge in [-0.3, -0.25) is 9.52 Å². The molecule has 0 bridgehead atoms. The number of allylic oxidation sites excluding steroid dienone is 1. The highest BCUT2D eigenvalue weighted by atomic mass is 32.2. The maximum atomic E-state index is 13.9. The van der Waals surface area contributed by atoms with E-state index in [0.717, 1.165) is 29.7 Å². The Morgan fingerprint density at radius 1 is 1.14 bits per heavy atom. The van der Waals surface area contributed by atoms with Crippen LogP contribution in [0.25, 0.3) is 11.8 Å². The molecule has 1 aromatic heterocycles. The Morgan fingerprint density at radius 3 is 2.47 bits per heavy atom. The number of hydrogen-bond donors (Lipinski definition) is 1. The van der Waals surface area contributed by atoms with E-state index in [-0.39, 0.29) is 22.4 Å². The molecule has 2 aliphatic rings. The Bertz CT molecular complexity index is 1560. The molecule has 0 radical (unpaired) electrons. The van der Waals surface area contributed by atoms with Gasteiger partial charge in [0, 0.05) is 17.3 Å². The third-order valence-corrected chi connectivity index (χ3v) is 8.41. The summed E-state index contributed by atoms with van der Waals surface area (Å²) in [5, 5.41) is 0. The van der Waals surface area contributed by atoms with Gasteiger partial charge in [0.1, 0.15) is 11.6 Å². The fraction of sp³-hybridized carbons (Fsp3) is 0.321. The van der Waals surface area contributed by atoms with Crippen LogP contribution in [0.2, 0.25) is 0 Å². The van der Waals surface area contributed by atoms with Gasteiger partial charge in [0.05, 0.1) is 22.8 Å². The topological polar surface area (TPSA) is 77.4 Å². The quantitative estimate of drug-likeness (QED) is 0.440. The molecule has 0 saturated heterocycles.